The Morgan fingerprint density at radius 1 is 1.09 bits per heavy atom. The molecule has 4 aliphatic heterocycles. The number of aryl methyl sites for hydroxylation is 1. The van der Waals surface area contributed by atoms with Gasteiger partial charge in [-0.1, -0.05) is 13.0 Å². The zero-order chi connectivity index (χ0) is 31.7. The summed E-state index contributed by atoms with van der Waals surface area (Å²) in [5.74, 6) is -1.35. The molecule has 3 amide bonds. The predicted molar refractivity (Wildman–Crippen MR) is 166 cm³/mol. The molecular weight excluding hydrogens is 596 g/mol. The molecule has 8 rings (SSSR count). The Morgan fingerprint density at radius 3 is 2.67 bits per heavy atom. The molecule has 238 valence electrons. The van der Waals surface area contributed by atoms with Gasteiger partial charge in [0.25, 0.3) is 5.91 Å². The minimum atomic E-state index is -0.766. The summed E-state index contributed by atoms with van der Waals surface area (Å²) < 4.78 is 38.1. The molecule has 4 saturated heterocycles. The summed E-state index contributed by atoms with van der Waals surface area (Å²) in [6, 6.07) is 4.66. The molecule has 6 heterocycles. The number of nitrogens with zero attached hydrogens (tertiary/aromatic N) is 6. The first-order chi connectivity index (χ1) is 22.3. The molecule has 4 aliphatic rings. The molecule has 4 aromatic rings. The molecule has 1 atom stereocenters. The van der Waals surface area contributed by atoms with Crippen molar-refractivity contribution in [2.24, 2.45) is 0 Å². The van der Waals surface area contributed by atoms with Gasteiger partial charge in [0.05, 0.1) is 10.9 Å². The van der Waals surface area contributed by atoms with Crippen molar-refractivity contribution >= 4 is 39.4 Å². The van der Waals surface area contributed by atoms with Crippen LogP contribution in [0.4, 0.5) is 19.4 Å². The van der Waals surface area contributed by atoms with E-state index in [1.54, 1.807) is 6.07 Å². The van der Waals surface area contributed by atoms with Crippen molar-refractivity contribution in [3.8, 4) is 23.0 Å². The quantitative estimate of drug-likeness (QED) is 0.303. The third kappa shape index (κ3) is 4.43. The normalized spacial score (nSPS) is 20.9. The van der Waals surface area contributed by atoms with Gasteiger partial charge in [-0.3, -0.25) is 20.0 Å². The van der Waals surface area contributed by atoms with Crippen LogP contribution in [0.3, 0.4) is 0 Å². The highest BCUT2D eigenvalue weighted by Gasteiger charge is 2.45. The first-order valence-electron chi connectivity index (χ1n) is 15.8. The van der Waals surface area contributed by atoms with Crippen LogP contribution in [-0.2, 0) is 11.2 Å². The second kappa shape index (κ2) is 10.7. The van der Waals surface area contributed by atoms with Crippen molar-refractivity contribution in [2.75, 3.05) is 44.2 Å². The van der Waals surface area contributed by atoms with E-state index in [4.69, 9.17) is 9.72 Å². The number of piperazine rings is 1. The number of pyridine rings is 1. The van der Waals surface area contributed by atoms with Crippen LogP contribution in [0.25, 0.3) is 32.9 Å². The highest BCUT2D eigenvalue weighted by Crippen LogP contribution is 2.41. The van der Waals surface area contributed by atoms with Crippen LogP contribution in [0.5, 0.6) is 11.8 Å². The van der Waals surface area contributed by atoms with Crippen molar-refractivity contribution in [1.29, 1.82) is 0 Å². The first kappa shape index (κ1) is 28.8. The topological polar surface area (TPSA) is 124 Å². The lowest BCUT2D eigenvalue weighted by Crippen LogP contribution is -2.53. The number of rotatable bonds is 6. The Morgan fingerprint density at radius 2 is 1.89 bits per heavy atom. The molecule has 2 aromatic carbocycles. The third-order valence-electron chi connectivity index (χ3n) is 10.2. The lowest BCUT2D eigenvalue weighted by Gasteiger charge is -2.36. The van der Waals surface area contributed by atoms with Gasteiger partial charge in [-0.25, -0.2) is 13.6 Å². The number of aromatic nitrogens is 3. The summed E-state index contributed by atoms with van der Waals surface area (Å²) in [5.41, 5.74) is 0.397. The highest BCUT2D eigenvalue weighted by atomic mass is 19.1. The number of nitrogens with one attached hydrogen (secondary N) is 1. The van der Waals surface area contributed by atoms with Crippen molar-refractivity contribution in [2.45, 2.75) is 50.6 Å². The molecule has 4 fully saturated rings. The van der Waals surface area contributed by atoms with E-state index in [-0.39, 0.29) is 47.2 Å². The maximum atomic E-state index is 16.8. The molecule has 0 bridgehead atoms. The molecule has 2 N–H and O–H groups in total. The Hall–Kier alpha value is -4.65. The lowest BCUT2D eigenvalue weighted by molar-refractivity contribution is -0.121. The number of benzene rings is 2. The van der Waals surface area contributed by atoms with Crippen molar-refractivity contribution in [3.05, 3.63) is 47.7 Å². The first-order valence-corrected chi connectivity index (χ1v) is 15.8. The fourth-order valence-electron chi connectivity index (χ4n) is 7.91. The summed E-state index contributed by atoms with van der Waals surface area (Å²) in [7, 11) is 0. The predicted octanol–water partition coefficient (Wildman–Crippen LogP) is 4.14. The second-order valence-corrected chi connectivity index (χ2v) is 12.6. The number of phenolic OH excluding ortho intramolecular Hbond substituents is 1. The monoisotopic (exact) mass is 629 g/mol. The van der Waals surface area contributed by atoms with Gasteiger partial charge in [-0.05, 0) is 79.7 Å². The maximum Gasteiger partial charge on any atom is 0.324 e. The zero-order valence-electron chi connectivity index (χ0n) is 25.4. The van der Waals surface area contributed by atoms with Crippen molar-refractivity contribution in [1.82, 2.24) is 30.1 Å². The molecule has 0 radical (unpaired) electrons. The molecule has 2 aromatic heterocycles. The molecule has 0 spiro atoms. The number of ether oxygens (including phenoxy) is 1. The summed E-state index contributed by atoms with van der Waals surface area (Å²) in [6.07, 6.45) is 5.99. The number of hydrogen-bond donors (Lipinski definition) is 2. The summed E-state index contributed by atoms with van der Waals surface area (Å²) >= 11 is 0. The van der Waals surface area contributed by atoms with Crippen LogP contribution in [0.1, 0.15) is 38.2 Å². The van der Waals surface area contributed by atoms with Gasteiger partial charge >= 0.3 is 12.0 Å². The number of hydrogen-bond acceptors (Lipinski definition) is 9. The Labute approximate surface area is 263 Å². The van der Waals surface area contributed by atoms with E-state index in [1.165, 1.54) is 29.3 Å². The minimum Gasteiger partial charge on any atom is -0.508 e. The average Bonchev–Trinajstić information content (AvgIpc) is 3.72. The third-order valence-corrected chi connectivity index (χ3v) is 10.2. The van der Waals surface area contributed by atoms with Crippen LogP contribution in [0.2, 0.25) is 0 Å². The summed E-state index contributed by atoms with van der Waals surface area (Å²) in [6.45, 7) is 4.98. The van der Waals surface area contributed by atoms with Crippen LogP contribution in [-0.4, -0.2) is 92.7 Å². The van der Waals surface area contributed by atoms with Crippen LogP contribution < -0.4 is 15.0 Å². The van der Waals surface area contributed by atoms with Gasteiger partial charge in [0.15, 0.2) is 5.82 Å². The smallest absolute Gasteiger partial charge is 0.324 e. The zero-order valence-corrected chi connectivity index (χ0v) is 25.4. The summed E-state index contributed by atoms with van der Waals surface area (Å²) in [5, 5.41) is 14.3. The number of anilines is 1. The van der Waals surface area contributed by atoms with Gasteiger partial charge in [0.2, 0.25) is 0 Å². The van der Waals surface area contributed by atoms with Gasteiger partial charge < -0.3 is 19.6 Å². The van der Waals surface area contributed by atoms with E-state index in [1.807, 2.05) is 11.8 Å². The number of imide groups is 1. The van der Waals surface area contributed by atoms with E-state index in [2.05, 4.69) is 20.2 Å². The van der Waals surface area contributed by atoms with Crippen LogP contribution in [0, 0.1) is 11.6 Å². The van der Waals surface area contributed by atoms with Crippen LogP contribution in [0.15, 0.2) is 30.5 Å². The van der Waals surface area contributed by atoms with Crippen molar-refractivity contribution < 1.29 is 28.2 Å². The molecular formula is C33H33F2N7O4. The Bertz CT molecular complexity index is 1930. The number of fused-ring (bicyclic) bond motifs is 4. The molecule has 0 saturated carbocycles. The number of phenols is 1. The standard InChI is InChI=1S/C33H33F2N7O4/c1-2-20-23(34)6-5-18-13-19(43)14-21(25(18)20)27-26(35)28-22(15-36-27)29(40-11-12-42-24(16-40)30(44)39-32(42)45)38-31(37-28)46-17-33-7-3-9-41(33)10-4-8-33/h5-6,13-15,24,43H,2-4,7-12,16-17H2,1H3,(H,39,44,45). The number of aromatic hydroxyl groups is 1. The van der Waals surface area contributed by atoms with Gasteiger partial charge in [0.1, 0.15) is 41.2 Å². The Balaban J connectivity index is 1.27. The van der Waals surface area contributed by atoms with E-state index in [0.717, 1.165) is 38.8 Å². The molecule has 46 heavy (non-hydrogen) atoms. The fraction of sp³-hybridized carbons (Fsp3) is 0.424. The van der Waals surface area contributed by atoms with Crippen LogP contribution >= 0.6 is 0 Å². The van der Waals surface area contributed by atoms with Gasteiger partial charge in [-0.15, -0.1) is 0 Å². The number of amides is 3. The highest BCUT2D eigenvalue weighted by molar-refractivity contribution is 6.05. The molecule has 1 unspecified atom stereocenters. The average molecular weight is 630 g/mol. The molecule has 11 nitrogen and oxygen atoms in total. The van der Waals surface area contributed by atoms with E-state index in [9.17, 15) is 19.1 Å². The number of urea groups is 1. The van der Waals surface area contributed by atoms with Crippen molar-refractivity contribution in [3.63, 3.8) is 0 Å². The maximum absolute atomic E-state index is 16.8. The number of carbonyl (C=O) groups excluding carboxylic acids is 2. The molecule has 13 heteroatoms. The SMILES string of the molecule is CCc1c(F)ccc2cc(O)cc(-c3ncc4c(N5CCN6C(=O)NC(=O)C6C5)nc(OCC56CCCN5CCC6)nc4c3F)c12. The lowest BCUT2D eigenvalue weighted by atomic mass is 9.94. The summed E-state index contributed by atoms with van der Waals surface area (Å²) in [4.78, 5) is 44.4. The minimum absolute atomic E-state index is 0.00196. The fourth-order valence-corrected chi connectivity index (χ4v) is 7.91. The Kier molecular flexibility index (Phi) is 6.71. The van der Waals surface area contributed by atoms with Gasteiger partial charge in [-0.2, -0.15) is 9.97 Å². The van der Waals surface area contributed by atoms with E-state index < -0.39 is 29.6 Å². The second-order valence-electron chi connectivity index (χ2n) is 12.6. The largest absolute Gasteiger partial charge is 0.508 e. The molecule has 0 aliphatic carbocycles. The number of halogens is 2. The van der Waals surface area contributed by atoms with Gasteiger partial charge in [0, 0.05) is 31.4 Å². The van der Waals surface area contributed by atoms with E-state index in [0.29, 0.717) is 47.1 Å². The van der Waals surface area contributed by atoms with E-state index >= 15 is 4.39 Å². The number of carbonyl (C=O) groups is 2.